The minimum Gasteiger partial charge on any atom is -0.393 e. The van der Waals surface area contributed by atoms with Gasteiger partial charge in [-0.25, -0.2) is 8.78 Å². The molecule has 0 aromatic rings. The van der Waals surface area contributed by atoms with Crippen LogP contribution in [-0.2, 0) is 0 Å². The lowest BCUT2D eigenvalue weighted by atomic mass is 10.1. The van der Waals surface area contributed by atoms with E-state index >= 15 is 0 Å². The van der Waals surface area contributed by atoms with Crippen molar-refractivity contribution in [2.45, 2.75) is 38.7 Å². The van der Waals surface area contributed by atoms with E-state index in [0.29, 0.717) is 6.42 Å². The summed E-state index contributed by atoms with van der Waals surface area (Å²) in [5.41, 5.74) is 0. The Hall–Kier alpha value is -0.180. The molecule has 1 unspecified atom stereocenters. The third-order valence-electron chi connectivity index (χ3n) is 1.19. The molecular formula is C6H12F2O. The van der Waals surface area contributed by atoms with Gasteiger partial charge in [-0.3, -0.25) is 0 Å². The molecule has 1 atom stereocenters. The first-order chi connectivity index (χ1) is 4.16. The largest absolute Gasteiger partial charge is 0.393 e. The van der Waals surface area contributed by atoms with Crippen LogP contribution in [0.15, 0.2) is 0 Å². The molecule has 9 heavy (non-hydrogen) atoms. The molecule has 3 heteroatoms. The van der Waals surface area contributed by atoms with Gasteiger partial charge in [0, 0.05) is 6.42 Å². The van der Waals surface area contributed by atoms with E-state index in [-0.39, 0.29) is 12.8 Å². The van der Waals surface area contributed by atoms with Crippen LogP contribution in [0.2, 0.25) is 0 Å². The highest BCUT2D eigenvalue weighted by Crippen LogP contribution is 2.07. The van der Waals surface area contributed by atoms with Gasteiger partial charge in [0.2, 0.25) is 6.43 Å². The summed E-state index contributed by atoms with van der Waals surface area (Å²) in [6, 6.07) is 0. The van der Waals surface area contributed by atoms with Crippen molar-refractivity contribution in [2.24, 2.45) is 0 Å². The van der Waals surface area contributed by atoms with Crippen molar-refractivity contribution in [3.05, 3.63) is 0 Å². The Bertz CT molecular complexity index is 66.1. The summed E-state index contributed by atoms with van der Waals surface area (Å²) >= 11 is 0. The Labute approximate surface area is 53.7 Å². The van der Waals surface area contributed by atoms with Crippen LogP contribution < -0.4 is 0 Å². The second kappa shape index (κ2) is 4.68. The molecule has 0 aliphatic carbocycles. The Morgan fingerprint density at radius 2 is 1.89 bits per heavy atom. The van der Waals surface area contributed by atoms with Gasteiger partial charge in [-0.2, -0.15) is 0 Å². The normalized spacial score (nSPS) is 14.3. The van der Waals surface area contributed by atoms with E-state index in [1.807, 2.05) is 0 Å². The molecule has 0 bridgehead atoms. The van der Waals surface area contributed by atoms with E-state index in [9.17, 15) is 8.78 Å². The average Bonchev–Trinajstić information content (AvgIpc) is 1.83. The van der Waals surface area contributed by atoms with Crippen molar-refractivity contribution < 1.29 is 13.9 Å². The van der Waals surface area contributed by atoms with Crippen molar-refractivity contribution in [3.8, 4) is 0 Å². The molecule has 0 saturated carbocycles. The third-order valence-corrected chi connectivity index (χ3v) is 1.19. The molecule has 0 fully saturated rings. The molecule has 0 amide bonds. The third kappa shape index (κ3) is 5.69. The highest BCUT2D eigenvalue weighted by atomic mass is 19.3. The first-order valence-electron chi connectivity index (χ1n) is 3.13. The molecule has 56 valence electrons. The summed E-state index contributed by atoms with van der Waals surface area (Å²) < 4.78 is 22.8. The maximum absolute atomic E-state index is 11.4. The van der Waals surface area contributed by atoms with Crippen LogP contribution in [0.3, 0.4) is 0 Å². The van der Waals surface area contributed by atoms with Crippen LogP contribution in [0.5, 0.6) is 0 Å². The fraction of sp³-hybridized carbons (Fsp3) is 1.00. The summed E-state index contributed by atoms with van der Waals surface area (Å²) in [6.45, 7) is 1.77. The topological polar surface area (TPSA) is 20.2 Å². The number of halogens is 2. The summed E-state index contributed by atoms with van der Waals surface area (Å²) in [4.78, 5) is 0. The summed E-state index contributed by atoms with van der Waals surface area (Å²) in [6.07, 6.45) is -2.22. The lowest BCUT2D eigenvalue weighted by Crippen LogP contribution is -2.06. The van der Waals surface area contributed by atoms with E-state index < -0.39 is 12.5 Å². The molecular weight excluding hydrogens is 126 g/mol. The quantitative estimate of drug-likeness (QED) is 0.628. The molecule has 0 aromatic carbocycles. The maximum Gasteiger partial charge on any atom is 0.238 e. The van der Waals surface area contributed by atoms with Crippen LogP contribution in [0.4, 0.5) is 8.78 Å². The van der Waals surface area contributed by atoms with Gasteiger partial charge in [-0.05, 0) is 12.8 Å². The van der Waals surface area contributed by atoms with E-state index in [4.69, 9.17) is 5.11 Å². The Balaban J connectivity index is 3.06. The molecule has 0 rings (SSSR count). The Morgan fingerprint density at radius 1 is 1.33 bits per heavy atom. The summed E-state index contributed by atoms with van der Waals surface area (Å²) in [7, 11) is 0. The highest BCUT2D eigenvalue weighted by Gasteiger charge is 2.06. The first kappa shape index (κ1) is 8.82. The molecule has 1 nitrogen and oxygen atoms in total. The van der Waals surface area contributed by atoms with Gasteiger partial charge in [0.15, 0.2) is 0 Å². The van der Waals surface area contributed by atoms with Gasteiger partial charge in [0.05, 0.1) is 6.10 Å². The SMILES string of the molecule is CCC(O)CCC(F)F. The fourth-order valence-electron chi connectivity index (χ4n) is 0.522. The number of aliphatic hydroxyl groups is 1. The van der Waals surface area contributed by atoms with Crippen molar-refractivity contribution >= 4 is 0 Å². The van der Waals surface area contributed by atoms with Gasteiger partial charge in [0.25, 0.3) is 0 Å². The average molecular weight is 138 g/mol. The van der Waals surface area contributed by atoms with Crippen molar-refractivity contribution in [2.75, 3.05) is 0 Å². The zero-order valence-electron chi connectivity index (χ0n) is 5.48. The van der Waals surface area contributed by atoms with Gasteiger partial charge in [-0.1, -0.05) is 6.92 Å². The maximum atomic E-state index is 11.4. The van der Waals surface area contributed by atoms with Gasteiger partial charge in [0.1, 0.15) is 0 Å². The number of aliphatic hydroxyl groups excluding tert-OH is 1. The Morgan fingerprint density at radius 3 is 2.22 bits per heavy atom. The molecule has 0 aromatic heterocycles. The smallest absolute Gasteiger partial charge is 0.238 e. The van der Waals surface area contributed by atoms with Gasteiger partial charge in [-0.15, -0.1) is 0 Å². The van der Waals surface area contributed by atoms with Crippen molar-refractivity contribution in [1.29, 1.82) is 0 Å². The Kier molecular flexibility index (Phi) is 4.58. The lowest BCUT2D eigenvalue weighted by molar-refractivity contribution is 0.0945. The standard InChI is InChI=1S/C6H12F2O/c1-2-5(9)3-4-6(7)8/h5-6,9H,2-4H2,1H3. The molecule has 0 spiro atoms. The van der Waals surface area contributed by atoms with E-state index in [1.54, 1.807) is 6.92 Å². The zero-order valence-corrected chi connectivity index (χ0v) is 5.48. The van der Waals surface area contributed by atoms with Crippen molar-refractivity contribution in [3.63, 3.8) is 0 Å². The molecule has 0 aliphatic heterocycles. The van der Waals surface area contributed by atoms with Gasteiger partial charge >= 0.3 is 0 Å². The second-order valence-electron chi connectivity index (χ2n) is 2.03. The second-order valence-corrected chi connectivity index (χ2v) is 2.03. The minimum absolute atomic E-state index is 0.186. The van der Waals surface area contributed by atoms with Crippen LogP contribution in [0, 0.1) is 0 Å². The van der Waals surface area contributed by atoms with Crippen LogP contribution >= 0.6 is 0 Å². The van der Waals surface area contributed by atoms with Crippen LogP contribution in [0.1, 0.15) is 26.2 Å². The molecule has 0 saturated heterocycles. The predicted octanol–water partition coefficient (Wildman–Crippen LogP) is 1.80. The number of hydrogen-bond acceptors (Lipinski definition) is 1. The van der Waals surface area contributed by atoms with Crippen molar-refractivity contribution in [1.82, 2.24) is 0 Å². The molecule has 1 N–H and O–H groups in total. The van der Waals surface area contributed by atoms with Crippen LogP contribution in [0.25, 0.3) is 0 Å². The molecule has 0 radical (unpaired) electrons. The molecule has 0 aliphatic rings. The summed E-state index contributed by atoms with van der Waals surface area (Å²) in [5.74, 6) is 0. The van der Waals surface area contributed by atoms with E-state index in [0.717, 1.165) is 0 Å². The van der Waals surface area contributed by atoms with E-state index in [2.05, 4.69) is 0 Å². The zero-order chi connectivity index (χ0) is 7.28. The number of alkyl halides is 2. The van der Waals surface area contributed by atoms with Crippen LogP contribution in [-0.4, -0.2) is 17.6 Å². The predicted molar refractivity (Wildman–Crippen MR) is 31.5 cm³/mol. The minimum atomic E-state index is -2.27. The monoisotopic (exact) mass is 138 g/mol. The number of rotatable bonds is 4. The van der Waals surface area contributed by atoms with E-state index in [1.165, 1.54) is 0 Å². The first-order valence-corrected chi connectivity index (χ1v) is 3.13. The summed E-state index contributed by atoms with van der Waals surface area (Å²) in [5, 5.41) is 8.77. The molecule has 0 heterocycles. The fourth-order valence-corrected chi connectivity index (χ4v) is 0.522. The lowest BCUT2D eigenvalue weighted by Gasteiger charge is -2.04. The number of hydrogen-bond donors (Lipinski definition) is 1. The van der Waals surface area contributed by atoms with Gasteiger partial charge < -0.3 is 5.11 Å². The highest BCUT2D eigenvalue weighted by molar-refractivity contribution is 4.52.